The number of nitriles is 1. The van der Waals surface area contributed by atoms with Crippen LogP contribution in [0, 0.1) is 11.3 Å². The van der Waals surface area contributed by atoms with Gasteiger partial charge in [0, 0.05) is 19.8 Å². The minimum absolute atomic E-state index is 0.00339. The average Bonchev–Trinajstić information content (AvgIpc) is 3.23. The summed E-state index contributed by atoms with van der Waals surface area (Å²) in [6.07, 6.45) is 4.77. The van der Waals surface area contributed by atoms with E-state index in [0.29, 0.717) is 10.2 Å². The van der Waals surface area contributed by atoms with Crippen LogP contribution in [0.4, 0.5) is 5.69 Å². The average molecular weight is 544 g/mol. The lowest BCUT2D eigenvalue weighted by atomic mass is 10.1. The van der Waals surface area contributed by atoms with E-state index in [1.807, 2.05) is 73.6 Å². The Morgan fingerprint density at radius 2 is 1.66 bits per heavy atom. The number of aromatic nitrogens is 1. The highest BCUT2D eigenvalue weighted by atomic mass is 32.2. The molecule has 1 aromatic heterocycles. The Hall–Kier alpha value is -3.93. The third-order valence-corrected chi connectivity index (χ3v) is 9.10. The van der Waals surface area contributed by atoms with Crippen molar-refractivity contribution < 1.29 is 8.42 Å². The number of aryl methyl sites for hydroxylation is 1. The van der Waals surface area contributed by atoms with Gasteiger partial charge in [-0.05, 0) is 66.4 Å². The number of sulfone groups is 1. The summed E-state index contributed by atoms with van der Waals surface area (Å²) in [7, 11) is -0.265. The molecular weight excluding hydrogens is 514 g/mol. The van der Waals surface area contributed by atoms with Gasteiger partial charge in [0.15, 0.2) is 4.91 Å². The van der Waals surface area contributed by atoms with Gasteiger partial charge in [0.1, 0.15) is 10.7 Å². The number of benzene rings is 3. The lowest BCUT2D eigenvalue weighted by Crippen LogP contribution is -2.31. The highest BCUT2D eigenvalue weighted by Crippen LogP contribution is 2.19. The van der Waals surface area contributed by atoms with Crippen molar-refractivity contribution in [2.75, 3.05) is 19.0 Å². The molecule has 8 heteroatoms. The number of hydrogen-bond acceptors (Lipinski definition) is 6. The number of unbranched alkanes of at least 4 members (excludes halogenated alkanes) is 1. The fourth-order valence-corrected chi connectivity index (χ4v) is 6.67. The van der Waals surface area contributed by atoms with E-state index in [4.69, 9.17) is 0 Å². The molecule has 0 fully saturated rings. The SMILES string of the molecule is CCCCc1ccc(-n2c(=O)/c(=C\c3ccc(N(C)C)cc3)s/c2=C(\C#N)S(=O)(=O)c2ccccc2)cc1. The number of nitrogens with zero attached hydrogens (tertiary/aromatic N) is 3. The Morgan fingerprint density at radius 3 is 2.24 bits per heavy atom. The van der Waals surface area contributed by atoms with Gasteiger partial charge in [0.25, 0.3) is 5.56 Å². The highest BCUT2D eigenvalue weighted by Gasteiger charge is 2.25. The van der Waals surface area contributed by atoms with Crippen molar-refractivity contribution >= 4 is 37.8 Å². The molecule has 0 spiro atoms. The molecule has 0 aliphatic carbocycles. The van der Waals surface area contributed by atoms with Crippen LogP contribution in [0.1, 0.15) is 30.9 Å². The van der Waals surface area contributed by atoms with Gasteiger partial charge >= 0.3 is 0 Å². The molecule has 0 bridgehead atoms. The van der Waals surface area contributed by atoms with Gasteiger partial charge in [-0.3, -0.25) is 9.36 Å². The van der Waals surface area contributed by atoms with E-state index in [2.05, 4.69) is 6.92 Å². The molecule has 0 atom stereocenters. The summed E-state index contributed by atoms with van der Waals surface area (Å²) in [5.41, 5.74) is 3.09. The predicted octanol–water partition coefficient (Wildman–Crippen LogP) is 4.24. The second-order valence-electron chi connectivity index (χ2n) is 9.07. The summed E-state index contributed by atoms with van der Waals surface area (Å²) >= 11 is 1.00. The molecule has 0 aliphatic rings. The molecule has 0 radical (unpaired) electrons. The van der Waals surface area contributed by atoms with Crippen LogP contribution in [0.5, 0.6) is 0 Å². The number of anilines is 1. The van der Waals surface area contributed by atoms with Crippen LogP contribution in [0.15, 0.2) is 88.6 Å². The van der Waals surface area contributed by atoms with Gasteiger partial charge < -0.3 is 4.90 Å². The number of thiazole rings is 1. The Balaban J connectivity index is 1.99. The second-order valence-corrected chi connectivity index (χ2v) is 12.0. The molecule has 0 aliphatic heterocycles. The molecule has 0 saturated heterocycles. The summed E-state index contributed by atoms with van der Waals surface area (Å²) in [5.74, 6) is 0. The maximum absolute atomic E-state index is 13.7. The van der Waals surface area contributed by atoms with Crippen molar-refractivity contribution in [2.24, 2.45) is 0 Å². The molecular formula is C30H29N3O3S2. The largest absolute Gasteiger partial charge is 0.378 e. The van der Waals surface area contributed by atoms with Crippen LogP contribution < -0.4 is 19.7 Å². The van der Waals surface area contributed by atoms with Crippen molar-refractivity contribution in [3.63, 3.8) is 0 Å². The molecule has 0 amide bonds. The summed E-state index contributed by atoms with van der Waals surface area (Å²) in [6, 6.07) is 24.9. The maximum Gasteiger partial charge on any atom is 0.273 e. The first-order chi connectivity index (χ1) is 18.3. The summed E-state index contributed by atoms with van der Waals surface area (Å²) in [5, 5.41) is 10.1. The zero-order valence-electron chi connectivity index (χ0n) is 21.6. The first-order valence-corrected chi connectivity index (χ1v) is 14.6. The van der Waals surface area contributed by atoms with Gasteiger partial charge in [-0.15, -0.1) is 11.3 Å². The van der Waals surface area contributed by atoms with Crippen LogP contribution in [0.2, 0.25) is 0 Å². The number of rotatable bonds is 8. The third-order valence-electron chi connectivity index (χ3n) is 6.16. The molecule has 3 aromatic carbocycles. The van der Waals surface area contributed by atoms with Crippen molar-refractivity contribution in [1.82, 2.24) is 4.57 Å². The van der Waals surface area contributed by atoms with Crippen LogP contribution >= 0.6 is 11.3 Å². The fraction of sp³-hybridized carbons (Fsp3) is 0.200. The van der Waals surface area contributed by atoms with Crippen molar-refractivity contribution in [3.8, 4) is 11.8 Å². The molecule has 194 valence electrons. The Bertz CT molecular complexity index is 1740. The minimum Gasteiger partial charge on any atom is -0.378 e. The van der Waals surface area contributed by atoms with Crippen LogP contribution in [-0.4, -0.2) is 27.1 Å². The monoisotopic (exact) mass is 543 g/mol. The van der Waals surface area contributed by atoms with Crippen molar-refractivity contribution in [2.45, 2.75) is 31.1 Å². The second kappa shape index (κ2) is 11.6. The smallest absolute Gasteiger partial charge is 0.273 e. The van der Waals surface area contributed by atoms with Crippen molar-refractivity contribution in [3.05, 3.63) is 110 Å². The van der Waals surface area contributed by atoms with Gasteiger partial charge in [0.05, 0.1) is 15.1 Å². The standard InChI is InChI=1S/C30H29N3O3S2/c1-4-5-9-22-12-18-25(19-13-22)33-29(34)27(20-23-14-16-24(17-15-23)32(2)3)37-30(33)28(21-31)38(35,36)26-10-7-6-8-11-26/h6-8,10-20H,4-5,9H2,1-3H3/b27-20+,30-28+. The van der Waals surface area contributed by atoms with Crippen LogP contribution in [-0.2, 0) is 16.3 Å². The lowest BCUT2D eigenvalue weighted by Gasteiger charge is -2.11. The van der Waals surface area contributed by atoms with E-state index in [1.54, 1.807) is 24.3 Å². The highest BCUT2D eigenvalue weighted by molar-refractivity contribution is 8.00. The Kier molecular flexibility index (Phi) is 8.30. The zero-order valence-corrected chi connectivity index (χ0v) is 23.2. The molecule has 4 aromatic rings. The molecule has 1 heterocycles. The Morgan fingerprint density at radius 1 is 1.00 bits per heavy atom. The van der Waals surface area contributed by atoms with Gasteiger partial charge in [-0.2, -0.15) is 5.26 Å². The quantitative estimate of drug-likeness (QED) is 0.332. The van der Waals surface area contributed by atoms with Gasteiger partial charge in [-0.1, -0.05) is 55.8 Å². The van der Waals surface area contributed by atoms with E-state index < -0.39 is 14.7 Å². The summed E-state index contributed by atoms with van der Waals surface area (Å²) in [4.78, 5) is 15.3. The maximum atomic E-state index is 13.7. The van der Waals surface area contributed by atoms with Crippen LogP contribution in [0.3, 0.4) is 0 Å². The van der Waals surface area contributed by atoms with E-state index >= 15 is 0 Å². The molecule has 6 nitrogen and oxygen atoms in total. The predicted molar refractivity (Wildman–Crippen MR) is 155 cm³/mol. The first-order valence-electron chi connectivity index (χ1n) is 12.3. The molecule has 0 saturated carbocycles. The molecule has 38 heavy (non-hydrogen) atoms. The summed E-state index contributed by atoms with van der Waals surface area (Å²) < 4.78 is 28.8. The van der Waals surface area contributed by atoms with E-state index in [9.17, 15) is 18.5 Å². The summed E-state index contributed by atoms with van der Waals surface area (Å²) in [6.45, 7) is 2.13. The Labute approximate surface area is 227 Å². The minimum atomic E-state index is -4.16. The van der Waals surface area contributed by atoms with E-state index in [1.165, 1.54) is 16.7 Å². The number of hydrogen-bond donors (Lipinski definition) is 0. The molecule has 0 N–H and O–H groups in total. The normalized spacial score (nSPS) is 12.7. The first kappa shape index (κ1) is 27.1. The van der Waals surface area contributed by atoms with E-state index in [0.717, 1.165) is 47.4 Å². The zero-order chi connectivity index (χ0) is 27.3. The lowest BCUT2D eigenvalue weighted by molar-refractivity contribution is 0.606. The van der Waals surface area contributed by atoms with Crippen molar-refractivity contribution in [1.29, 1.82) is 5.26 Å². The van der Waals surface area contributed by atoms with Crippen LogP contribution in [0.25, 0.3) is 16.7 Å². The van der Waals surface area contributed by atoms with Gasteiger partial charge in [0.2, 0.25) is 9.84 Å². The molecule has 4 rings (SSSR count). The molecule has 0 unspecified atom stereocenters. The van der Waals surface area contributed by atoms with Gasteiger partial charge in [-0.25, -0.2) is 8.42 Å². The van der Waals surface area contributed by atoms with E-state index in [-0.39, 0.29) is 15.1 Å². The topological polar surface area (TPSA) is 83.2 Å². The third kappa shape index (κ3) is 5.64. The fourth-order valence-electron chi connectivity index (χ4n) is 4.02.